The number of nitrogens with zero attached hydrogens (tertiary/aromatic N) is 9. The normalized spacial score (nSPS) is 18.3. The first-order chi connectivity index (χ1) is 28.3. The molecule has 2 aromatic rings. The number of aryl methyl sites for hydroxylation is 1. The number of alkyl halides is 1. The Balaban J connectivity index is 1.19. The van der Waals surface area contributed by atoms with Crippen LogP contribution in [0, 0.1) is 5.41 Å². The summed E-state index contributed by atoms with van der Waals surface area (Å²) >= 11 is 0. The van der Waals surface area contributed by atoms with E-state index in [-0.39, 0.29) is 44.5 Å². The van der Waals surface area contributed by atoms with Gasteiger partial charge in [0.2, 0.25) is 17.8 Å². The average molecular weight is 834 g/mol. The Bertz CT molecular complexity index is 1710. The van der Waals surface area contributed by atoms with Crippen LogP contribution in [0.2, 0.25) is 0 Å². The summed E-state index contributed by atoms with van der Waals surface area (Å²) in [5, 5.41) is 45.9. The van der Waals surface area contributed by atoms with Gasteiger partial charge in [-0.25, -0.2) is 9.37 Å². The maximum absolute atomic E-state index is 14.0. The molecule has 0 spiro atoms. The summed E-state index contributed by atoms with van der Waals surface area (Å²) in [7, 11) is 3.22. The number of amides is 1. The smallest absolute Gasteiger partial charge is 0.317 e. The first kappa shape index (κ1) is 46.5. The predicted molar refractivity (Wildman–Crippen MR) is 217 cm³/mol. The van der Waals surface area contributed by atoms with Crippen LogP contribution in [0.1, 0.15) is 38.5 Å². The highest BCUT2D eigenvalue weighted by atomic mass is 19.1. The number of hydrogen-bond acceptors (Lipinski definition) is 16. The molecule has 0 radical (unpaired) electrons. The van der Waals surface area contributed by atoms with Crippen LogP contribution < -0.4 is 20.9 Å². The van der Waals surface area contributed by atoms with E-state index in [2.05, 4.69) is 30.9 Å². The molecule has 4 heterocycles. The van der Waals surface area contributed by atoms with Crippen LogP contribution in [0.15, 0.2) is 18.2 Å². The lowest BCUT2D eigenvalue weighted by atomic mass is 10.1. The Morgan fingerprint density at radius 2 is 1.34 bits per heavy atom. The standard InChI is InChI=1S/C37H60FN13O8/c1-46-26-42-33-35(44-37(45-36(33)46)51-11-8-27(38)21-51)43-28(34(39)59-2)20-40-9-6-4-3-5-7-10-41-29(52)22-47-12-14-48(23-30(53)54)16-18-50(25-32(57)58)19-17-49(15-13-47)24-31(55)56/h20,26-27,39-40H,3-19,21-25H2,1-2H3,(H,41,52)(H,53,54)(H,55,56)(H,57,58)(H,43,44,45)/b28-20+,39-34?/t27-/m0/s1. The van der Waals surface area contributed by atoms with Crippen molar-refractivity contribution in [1.29, 1.82) is 5.41 Å². The lowest BCUT2D eigenvalue weighted by Crippen LogP contribution is -2.49. The molecule has 1 amide bonds. The van der Waals surface area contributed by atoms with E-state index in [1.807, 2.05) is 11.9 Å². The Hall–Kier alpha value is -5.19. The van der Waals surface area contributed by atoms with Crippen molar-refractivity contribution in [2.75, 3.05) is 122 Å². The van der Waals surface area contributed by atoms with E-state index in [1.165, 1.54) is 7.11 Å². The number of unbranched alkanes of at least 4 members (excludes halogenated alkanes) is 4. The highest BCUT2D eigenvalue weighted by Crippen LogP contribution is 2.26. The molecule has 2 fully saturated rings. The molecule has 0 aliphatic carbocycles. The maximum Gasteiger partial charge on any atom is 0.317 e. The van der Waals surface area contributed by atoms with Crippen LogP contribution in [0.5, 0.6) is 0 Å². The van der Waals surface area contributed by atoms with Gasteiger partial charge in [0.25, 0.3) is 0 Å². The van der Waals surface area contributed by atoms with Crippen LogP contribution in [0.3, 0.4) is 0 Å². The number of carbonyl (C=O) groups is 4. The highest BCUT2D eigenvalue weighted by Gasteiger charge is 2.26. The number of aliphatic carboxylic acids is 3. The molecule has 2 aliphatic heterocycles. The minimum Gasteiger partial charge on any atom is -0.480 e. The van der Waals surface area contributed by atoms with E-state index >= 15 is 0 Å². The van der Waals surface area contributed by atoms with Gasteiger partial charge < -0.3 is 45.5 Å². The summed E-state index contributed by atoms with van der Waals surface area (Å²) in [6.45, 7) is 3.93. The Labute approximate surface area is 343 Å². The van der Waals surface area contributed by atoms with Crippen molar-refractivity contribution in [2.24, 2.45) is 7.05 Å². The molecule has 22 heteroatoms. The van der Waals surface area contributed by atoms with Crippen molar-refractivity contribution in [3.63, 3.8) is 0 Å². The number of methoxy groups -OCH3 is 1. The molecule has 7 N–H and O–H groups in total. The van der Waals surface area contributed by atoms with E-state index in [0.717, 1.165) is 32.1 Å². The van der Waals surface area contributed by atoms with Crippen LogP contribution in [0.25, 0.3) is 11.2 Å². The molecule has 2 saturated heterocycles. The van der Waals surface area contributed by atoms with Gasteiger partial charge in [0.05, 0.1) is 46.2 Å². The largest absolute Gasteiger partial charge is 0.480 e. The Kier molecular flexibility index (Phi) is 18.9. The molecule has 1 atom stereocenters. The fraction of sp³-hybridized carbons (Fsp3) is 0.676. The SMILES string of the molecule is COC(=N)/C(=C\NCCCCCCCNC(=O)CN1CCN(CC(=O)O)CCN(CC(=O)O)CCN(CC(=O)O)CC1)Nc1nc(N2CC[C@H](F)C2)nc2c1ncn2C. The van der Waals surface area contributed by atoms with Crippen LogP contribution >= 0.6 is 0 Å². The van der Waals surface area contributed by atoms with Crippen molar-refractivity contribution in [3.05, 3.63) is 18.2 Å². The monoisotopic (exact) mass is 833 g/mol. The number of halogens is 1. The van der Waals surface area contributed by atoms with Crippen molar-refractivity contribution in [3.8, 4) is 0 Å². The van der Waals surface area contributed by atoms with Crippen LogP contribution in [-0.2, 0) is 31.0 Å². The molecule has 0 saturated carbocycles. The highest BCUT2D eigenvalue weighted by molar-refractivity contribution is 5.96. The lowest BCUT2D eigenvalue weighted by molar-refractivity contribution is -0.140. The zero-order valence-corrected chi connectivity index (χ0v) is 34.1. The number of ether oxygens (including phenoxy) is 1. The van der Waals surface area contributed by atoms with Crippen molar-refractivity contribution in [1.82, 2.24) is 49.8 Å². The van der Waals surface area contributed by atoms with E-state index in [0.29, 0.717) is 107 Å². The van der Waals surface area contributed by atoms with Gasteiger partial charge in [0.1, 0.15) is 11.9 Å². The van der Waals surface area contributed by atoms with Crippen LogP contribution in [0.4, 0.5) is 16.2 Å². The zero-order chi connectivity index (χ0) is 42.7. The van der Waals surface area contributed by atoms with Crippen molar-refractivity contribution < 1.29 is 43.6 Å². The topological polar surface area (TPSA) is 258 Å². The minimum absolute atomic E-state index is 0.0761. The third-order valence-electron chi connectivity index (χ3n) is 10.1. The van der Waals surface area contributed by atoms with Gasteiger partial charge in [0, 0.05) is 85.2 Å². The molecule has 2 aliphatic rings. The zero-order valence-electron chi connectivity index (χ0n) is 34.1. The molecule has 21 nitrogen and oxygen atoms in total. The first-order valence-electron chi connectivity index (χ1n) is 20.0. The van der Waals surface area contributed by atoms with E-state index in [1.54, 1.807) is 36.7 Å². The first-order valence-corrected chi connectivity index (χ1v) is 20.0. The maximum atomic E-state index is 14.0. The minimum atomic E-state index is -1.02. The van der Waals surface area contributed by atoms with Gasteiger partial charge in [0.15, 0.2) is 17.0 Å². The molecular formula is C37H60FN13O8. The molecule has 328 valence electrons. The quantitative estimate of drug-likeness (QED) is 0.0493. The third kappa shape index (κ3) is 16.2. The summed E-state index contributed by atoms with van der Waals surface area (Å²) in [6.07, 6.45) is 7.20. The Morgan fingerprint density at radius 3 is 1.85 bits per heavy atom. The van der Waals surface area contributed by atoms with E-state index in [9.17, 15) is 38.9 Å². The predicted octanol–water partition coefficient (Wildman–Crippen LogP) is -0.0798. The van der Waals surface area contributed by atoms with Gasteiger partial charge in [-0.3, -0.25) is 44.2 Å². The second-order valence-corrected chi connectivity index (χ2v) is 14.8. The van der Waals surface area contributed by atoms with Crippen molar-refractivity contribution in [2.45, 2.75) is 44.7 Å². The number of nitrogens with one attached hydrogen (secondary N) is 4. The second kappa shape index (κ2) is 24.0. The summed E-state index contributed by atoms with van der Waals surface area (Å²) in [6, 6.07) is 0. The molecule has 4 rings (SSSR count). The van der Waals surface area contributed by atoms with Crippen LogP contribution in [-0.4, -0.2) is 202 Å². The number of hydrogen-bond donors (Lipinski definition) is 7. The number of imidazole rings is 1. The molecule has 59 heavy (non-hydrogen) atoms. The molecular weight excluding hydrogens is 773 g/mol. The number of fused-ring (bicyclic) bond motifs is 1. The molecule has 0 bridgehead atoms. The third-order valence-corrected chi connectivity index (χ3v) is 10.1. The average Bonchev–Trinajstić information content (AvgIpc) is 3.79. The van der Waals surface area contributed by atoms with Gasteiger partial charge in [-0.05, 0) is 19.3 Å². The van der Waals surface area contributed by atoms with Gasteiger partial charge in [-0.1, -0.05) is 19.3 Å². The number of carbonyl (C=O) groups excluding carboxylic acids is 1. The van der Waals surface area contributed by atoms with E-state index < -0.39 is 24.1 Å². The number of aromatic nitrogens is 4. The van der Waals surface area contributed by atoms with Crippen molar-refractivity contribution >= 4 is 52.6 Å². The second-order valence-electron chi connectivity index (χ2n) is 14.8. The molecule has 0 unspecified atom stereocenters. The van der Waals surface area contributed by atoms with E-state index in [4.69, 9.17) is 10.1 Å². The number of anilines is 2. The summed E-state index contributed by atoms with van der Waals surface area (Å²) in [5.74, 6) is -2.54. The molecule has 2 aromatic heterocycles. The summed E-state index contributed by atoms with van der Waals surface area (Å²) in [4.78, 5) is 69.9. The lowest BCUT2D eigenvalue weighted by Gasteiger charge is -2.32. The fourth-order valence-electron chi connectivity index (χ4n) is 6.85. The molecule has 0 aromatic carbocycles. The van der Waals surface area contributed by atoms with Gasteiger partial charge in [-0.15, -0.1) is 0 Å². The fourth-order valence-corrected chi connectivity index (χ4v) is 6.85. The summed E-state index contributed by atoms with van der Waals surface area (Å²) < 4.78 is 20.9. The number of carboxylic acid groups (broad SMARTS) is 3. The summed E-state index contributed by atoms with van der Waals surface area (Å²) in [5.41, 5.74) is 1.43. The number of rotatable bonds is 21. The van der Waals surface area contributed by atoms with Gasteiger partial charge in [-0.2, -0.15) is 9.97 Å². The Morgan fingerprint density at radius 1 is 0.814 bits per heavy atom. The van der Waals surface area contributed by atoms with Gasteiger partial charge >= 0.3 is 17.9 Å². The number of carboxylic acids is 3.